The molecule has 80 valence electrons. The Morgan fingerprint density at radius 2 is 1.87 bits per heavy atom. The van der Waals surface area contributed by atoms with Crippen LogP contribution in [-0.2, 0) is 0 Å². The van der Waals surface area contributed by atoms with Crippen LogP contribution >= 0.6 is 11.8 Å². The molecular weight excluding hydrogens is 200 g/mol. The zero-order valence-electron chi connectivity index (χ0n) is 9.33. The number of unbranched alkanes of at least 4 members (excludes halogenated alkanes) is 3. The summed E-state index contributed by atoms with van der Waals surface area (Å²) >= 11 is 1.81. The molecule has 0 aliphatic rings. The standard InChI is InChI=1S/C14H18S/c1-2-3-4-5-6-10-13-15-14-11-8-7-9-12-14/h7-9,11-12H,2-5,13H2,1H3. The fraction of sp³-hybridized carbons (Fsp3) is 0.429. The normalized spacial score (nSPS) is 9.40. The lowest BCUT2D eigenvalue weighted by molar-refractivity contribution is 0.737. The largest absolute Gasteiger partial charge is 0.113 e. The molecule has 0 unspecified atom stereocenters. The van der Waals surface area contributed by atoms with Gasteiger partial charge in [-0.1, -0.05) is 43.9 Å². The molecule has 1 aromatic carbocycles. The summed E-state index contributed by atoms with van der Waals surface area (Å²) in [6.45, 7) is 2.22. The molecule has 0 atom stereocenters. The van der Waals surface area contributed by atoms with E-state index in [4.69, 9.17) is 0 Å². The van der Waals surface area contributed by atoms with Crippen molar-refractivity contribution in [2.24, 2.45) is 0 Å². The van der Waals surface area contributed by atoms with Crippen LogP contribution in [0.3, 0.4) is 0 Å². The maximum atomic E-state index is 3.22. The maximum absolute atomic E-state index is 3.22. The molecule has 0 aliphatic heterocycles. The van der Waals surface area contributed by atoms with Crippen LogP contribution in [0.5, 0.6) is 0 Å². The van der Waals surface area contributed by atoms with Crippen LogP contribution in [0.15, 0.2) is 35.2 Å². The second-order valence-corrected chi connectivity index (χ2v) is 4.46. The van der Waals surface area contributed by atoms with E-state index in [0.29, 0.717) is 0 Å². The fourth-order valence-corrected chi connectivity index (χ4v) is 1.93. The van der Waals surface area contributed by atoms with Crippen LogP contribution in [0.25, 0.3) is 0 Å². The van der Waals surface area contributed by atoms with Gasteiger partial charge in [0.25, 0.3) is 0 Å². The van der Waals surface area contributed by atoms with Gasteiger partial charge in [0, 0.05) is 11.3 Å². The molecule has 0 aliphatic carbocycles. The first-order chi connectivity index (χ1) is 7.43. The number of benzene rings is 1. The van der Waals surface area contributed by atoms with Crippen LogP contribution in [0.4, 0.5) is 0 Å². The van der Waals surface area contributed by atoms with E-state index in [1.54, 1.807) is 0 Å². The molecule has 1 heteroatoms. The summed E-state index contributed by atoms with van der Waals surface area (Å²) in [5.74, 6) is 7.34. The van der Waals surface area contributed by atoms with Crippen LogP contribution in [0.1, 0.15) is 32.6 Å². The molecule has 0 amide bonds. The molecule has 1 rings (SSSR count). The number of thioether (sulfide) groups is 1. The number of rotatable bonds is 5. The molecule has 0 saturated carbocycles. The summed E-state index contributed by atoms with van der Waals surface area (Å²) < 4.78 is 0. The quantitative estimate of drug-likeness (QED) is 0.402. The van der Waals surface area contributed by atoms with Crippen LogP contribution in [0.2, 0.25) is 0 Å². The van der Waals surface area contributed by atoms with E-state index in [1.165, 1.54) is 24.2 Å². The van der Waals surface area contributed by atoms with Gasteiger partial charge in [-0.3, -0.25) is 0 Å². The molecule has 0 heterocycles. The second kappa shape index (κ2) is 8.44. The lowest BCUT2D eigenvalue weighted by atomic mass is 10.2. The molecule has 1 aromatic rings. The van der Waals surface area contributed by atoms with Gasteiger partial charge in [0.15, 0.2) is 0 Å². The minimum absolute atomic E-state index is 0.913. The Balaban J connectivity index is 2.11. The van der Waals surface area contributed by atoms with E-state index in [9.17, 15) is 0 Å². The smallest absolute Gasteiger partial charge is 0.0594 e. The average Bonchev–Trinajstić information content (AvgIpc) is 2.29. The maximum Gasteiger partial charge on any atom is 0.0594 e. The molecule has 0 N–H and O–H groups in total. The minimum atomic E-state index is 0.913. The monoisotopic (exact) mass is 218 g/mol. The van der Waals surface area contributed by atoms with E-state index < -0.39 is 0 Å². The molecule has 0 bridgehead atoms. The van der Waals surface area contributed by atoms with Crippen LogP contribution in [-0.4, -0.2) is 5.75 Å². The topological polar surface area (TPSA) is 0 Å². The first-order valence-corrected chi connectivity index (χ1v) is 6.55. The Kier molecular flexibility index (Phi) is 6.86. The Morgan fingerprint density at radius 3 is 2.60 bits per heavy atom. The Morgan fingerprint density at radius 1 is 1.07 bits per heavy atom. The van der Waals surface area contributed by atoms with Gasteiger partial charge in [-0.05, 0) is 18.6 Å². The van der Waals surface area contributed by atoms with Crippen molar-refractivity contribution in [2.75, 3.05) is 5.75 Å². The zero-order valence-corrected chi connectivity index (χ0v) is 10.1. The molecule has 15 heavy (non-hydrogen) atoms. The summed E-state index contributed by atoms with van der Waals surface area (Å²) in [6.07, 6.45) is 4.89. The molecule has 0 nitrogen and oxygen atoms in total. The van der Waals surface area contributed by atoms with Gasteiger partial charge >= 0.3 is 0 Å². The van der Waals surface area contributed by atoms with Crippen LogP contribution in [0, 0.1) is 11.8 Å². The predicted molar refractivity (Wildman–Crippen MR) is 69.1 cm³/mol. The van der Waals surface area contributed by atoms with E-state index >= 15 is 0 Å². The third-order valence-corrected chi connectivity index (χ3v) is 2.98. The highest BCUT2D eigenvalue weighted by Gasteiger charge is 1.87. The highest BCUT2D eigenvalue weighted by Crippen LogP contribution is 2.15. The highest BCUT2D eigenvalue weighted by molar-refractivity contribution is 7.99. The van der Waals surface area contributed by atoms with Gasteiger partial charge in [-0.25, -0.2) is 0 Å². The summed E-state index contributed by atoms with van der Waals surface area (Å²) in [6, 6.07) is 10.4. The highest BCUT2D eigenvalue weighted by atomic mass is 32.2. The Bertz CT molecular complexity index is 305. The molecule has 0 radical (unpaired) electrons. The Labute approximate surface area is 97.5 Å². The summed E-state index contributed by atoms with van der Waals surface area (Å²) in [5, 5.41) is 0. The van der Waals surface area contributed by atoms with Crippen molar-refractivity contribution in [1.29, 1.82) is 0 Å². The van der Waals surface area contributed by atoms with Crippen molar-refractivity contribution >= 4 is 11.8 Å². The van der Waals surface area contributed by atoms with Gasteiger partial charge in [-0.2, -0.15) is 0 Å². The van der Waals surface area contributed by atoms with Crippen molar-refractivity contribution in [3.8, 4) is 11.8 Å². The zero-order chi connectivity index (χ0) is 10.8. The molecular formula is C14H18S. The van der Waals surface area contributed by atoms with E-state index in [2.05, 4.69) is 43.0 Å². The fourth-order valence-electron chi connectivity index (χ4n) is 1.24. The molecule has 0 fully saturated rings. The van der Waals surface area contributed by atoms with E-state index in [-0.39, 0.29) is 0 Å². The molecule has 0 saturated heterocycles. The SMILES string of the molecule is CCCCCC#CCSc1ccccc1. The van der Waals surface area contributed by atoms with Crippen molar-refractivity contribution in [2.45, 2.75) is 37.5 Å². The van der Waals surface area contributed by atoms with Gasteiger partial charge in [0.05, 0.1) is 5.75 Å². The van der Waals surface area contributed by atoms with Crippen molar-refractivity contribution in [1.82, 2.24) is 0 Å². The van der Waals surface area contributed by atoms with Crippen molar-refractivity contribution in [3.05, 3.63) is 30.3 Å². The van der Waals surface area contributed by atoms with Crippen LogP contribution < -0.4 is 0 Å². The number of hydrogen-bond acceptors (Lipinski definition) is 1. The minimum Gasteiger partial charge on any atom is -0.113 e. The molecule has 0 aromatic heterocycles. The summed E-state index contributed by atoms with van der Waals surface area (Å²) in [5.41, 5.74) is 0. The third-order valence-electron chi connectivity index (χ3n) is 2.08. The van der Waals surface area contributed by atoms with Gasteiger partial charge in [0.2, 0.25) is 0 Å². The third kappa shape index (κ3) is 6.25. The lowest BCUT2D eigenvalue weighted by Crippen LogP contribution is -1.75. The Hall–Kier alpha value is -0.870. The number of hydrogen-bond donors (Lipinski definition) is 0. The summed E-state index contributed by atoms with van der Waals surface area (Å²) in [4.78, 5) is 1.31. The second-order valence-electron chi connectivity index (χ2n) is 3.41. The average molecular weight is 218 g/mol. The predicted octanol–water partition coefficient (Wildman–Crippen LogP) is 4.36. The van der Waals surface area contributed by atoms with Crippen molar-refractivity contribution in [3.63, 3.8) is 0 Å². The van der Waals surface area contributed by atoms with Gasteiger partial charge in [-0.15, -0.1) is 17.7 Å². The van der Waals surface area contributed by atoms with E-state index in [0.717, 1.165) is 12.2 Å². The van der Waals surface area contributed by atoms with Crippen molar-refractivity contribution < 1.29 is 0 Å². The van der Waals surface area contributed by atoms with Gasteiger partial charge in [0.1, 0.15) is 0 Å². The first kappa shape index (κ1) is 12.2. The van der Waals surface area contributed by atoms with Gasteiger partial charge < -0.3 is 0 Å². The first-order valence-electron chi connectivity index (χ1n) is 5.57. The molecule has 0 spiro atoms. The van der Waals surface area contributed by atoms with E-state index in [1.807, 2.05) is 17.8 Å². The lowest BCUT2D eigenvalue weighted by Gasteiger charge is -1.94. The summed E-state index contributed by atoms with van der Waals surface area (Å²) in [7, 11) is 0.